The molecule has 2 unspecified atom stereocenters. The molecule has 1 N–H and O–H groups in total. The van der Waals surface area contributed by atoms with E-state index in [1.807, 2.05) is 33.0 Å². The van der Waals surface area contributed by atoms with Crippen LogP contribution in [0.2, 0.25) is 0 Å². The summed E-state index contributed by atoms with van der Waals surface area (Å²) in [6.45, 7) is 6.34. The minimum Gasteiger partial charge on any atom is -0.508 e. The maximum Gasteiger partial charge on any atom is 0.115 e. The smallest absolute Gasteiger partial charge is 0.115 e. The van der Waals surface area contributed by atoms with Crippen LogP contribution in [0.5, 0.6) is 5.75 Å². The molecule has 2 fully saturated rings. The second-order valence-corrected chi connectivity index (χ2v) is 6.36. The second-order valence-electron chi connectivity index (χ2n) is 6.36. The van der Waals surface area contributed by atoms with Gasteiger partial charge in [0.15, 0.2) is 0 Å². The predicted molar refractivity (Wildman–Crippen MR) is 91.3 cm³/mol. The molecule has 0 amide bonds. The fourth-order valence-corrected chi connectivity index (χ4v) is 3.91. The minimum absolute atomic E-state index is 0.0210. The van der Waals surface area contributed by atoms with Gasteiger partial charge >= 0.3 is 0 Å². The lowest BCUT2D eigenvalue weighted by molar-refractivity contribution is -0.00890. The summed E-state index contributed by atoms with van der Waals surface area (Å²) in [5.74, 6) is 0.739. The largest absolute Gasteiger partial charge is 0.508 e. The summed E-state index contributed by atoms with van der Waals surface area (Å²) in [6.07, 6.45) is 2.84. The number of aromatic hydroxyl groups is 1. The molecule has 1 aromatic rings. The van der Waals surface area contributed by atoms with Crippen LogP contribution in [0.15, 0.2) is 24.3 Å². The average Bonchev–Trinajstić information content (AvgIpc) is 2.74. The molecule has 0 bridgehead atoms. The van der Waals surface area contributed by atoms with Gasteiger partial charge in [0, 0.05) is 18.6 Å². The first-order valence-corrected chi connectivity index (χ1v) is 8.63. The van der Waals surface area contributed by atoms with Crippen molar-refractivity contribution < 1.29 is 9.84 Å². The topological polar surface area (TPSA) is 56.5 Å². The zero-order chi connectivity index (χ0) is 16.9. The van der Waals surface area contributed by atoms with Gasteiger partial charge in [0.05, 0.1) is 18.7 Å². The van der Waals surface area contributed by atoms with E-state index in [1.54, 1.807) is 6.07 Å². The highest BCUT2D eigenvalue weighted by molar-refractivity contribution is 5.35. The maximum atomic E-state index is 9.85. The number of ether oxygens (including phenoxy) is 1. The van der Waals surface area contributed by atoms with E-state index in [1.165, 1.54) is 0 Å². The molecule has 0 spiro atoms. The Hall–Kier alpha value is -1.57. The third-order valence-electron chi connectivity index (χ3n) is 5.27. The normalized spacial score (nSPS) is 31.0. The Labute approximate surface area is 139 Å². The SMILES string of the molecule is CC.CN1CC[C@]2(c3cccc(O)c3)COCCC2CC1C#N. The predicted octanol–water partition coefficient (Wildman–Crippen LogP) is 3.31. The molecule has 2 saturated heterocycles. The Morgan fingerprint density at radius 3 is 2.87 bits per heavy atom. The van der Waals surface area contributed by atoms with Gasteiger partial charge in [-0.3, -0.25) is 4.90 Å². The van der Waals surface area contributed by atoms with E-state index >= 15 is 0 Å². The first-order chi connectivity index (χ1) is 11.2. The summed E-state index contributed by atoms with van der Waals surface area (Å²) >= 11 is 0. The van der Waals surface area contributed by atoms with E-state index in [0.717, 1.165) is 38.0 Å². The molecule has 2 aliphatic rings. The summed E-state index contributed by atoms with van der Waals surface area (Å²) in [4.78, 5) is 2.16. The first kappa shape index (κ1) is 17.8. The van der Waals surface area contributed by atoms with Crippen LogP contribution in [-0.2, 0) is 10.2 Å². The summed E-state index contributed by atoms with van der Waals surface area (Å²) < 4.78 is 5.81. The van der Waals surface area contributed by atoms with Crippen molar-refractivity contribution in [1.82, 2.24) is 4.90 Å². The summed E-state index contributed by atoms with van der Waals surface area (Å²) in [5.41, 5.74) is 1.08. The first-order valence-electron chi connectivity index (χ1n) is 8.63. The molecule has 2 aliphatic heterocycles. The van der Waals surface area contributed by atoms with E-state index in [-0.39, 0.29) is 11.5 Å². The van der Waals surface area contributed by atoms with Crippen LogP contribution in [0.1, 0.15) is 38.7 Å². The summed E-state index contributed by atoms with van der Waals surface area (Å²) in [5, 5.41) is 19.3. The van der Waals surface area contributed by atoms with Crippen LogP contribution in [0.3, 0.4) is 0 Å². The van der Waals surface area contributed by atoms with Crippen LogP contribution in [0, 0.1) is 17.2 Å². The summed E-state index contributed by atoms with van der Waals surface area (Å²) in [6, 6.07) is 9.99. The highest BCUT2D eigenvalue weighted by Gasteiger charge is 2.46. The number of likely N-dealkylation sites (tertiary alicyclic amines) is 1. The number of fused-ring (bicyclic) bond motifs is 1. The van der Waals surface area contributed by atoms with Crippen LogP contribution in [0.4, 0.5) is 0 Å². The maximum absolute atomic E-state index is 9.85. The Bertz CT molecular complexity index is 555. The van der Waals surface area contributed by atoms with Crippen molar-refractivity contribution in [2.75, 3.05) is 26.8 Å². The number of rotatable bonds is 1. The van der Waals surface area contributed by atoms with Crippen LogP contribution >= 0.6 is 0 Å². The molecule has 4 heteroatoms. The molecule has 1 aromatic carbocycles. The van der Waals surface area contributed by atoms with Gasteiger partial charge in [-0.15, -0.1) is 0 Å². The Kier molecular flexibility index (Phi) is 6.04. The molecule has 3 atom stereocenters. The van der Waals surface area contributed by atoms with Gasteiger partial charge in [-0.05, 0) is 49.9 Å². The van der Waals surface area contributed by atoms with Gasteiger partial charge in [-0.25, -0.2) is 0 Å². The quantitative estimate of drug-likeness (QED) is 0.863. The highest BCUT2D eigenvalue weighted by Crippen LogP contribution is 2.46. The van der Waals surface area contributed by atoms with Crippen molar-refractivity contribution in [2.24, 2.45) is 5.92 Å². The van der Waals surface area contributed by atoms with Crippen molar-refractivity contribution in [2.45, 2.75) is 44.6 Å². The van der Waals surface area contributed by atoms with Gasteiger partial charge in [-0.2, -0.15) is 5.26 Å². The number of nitriles is 1. The lowest BCUT2D eigenvalue weighted by atomic mass is 9.65. The van der Waals surface area contributed by atoms with E-state index in [2.05, 4.69) is 17.0 Å². The van der Waals surface area contributed by atoms with Gasteiger partial charge in [0.2, 0.25) is 0 Å². The van der Waals surface area contributed by atoms with Crippen LogP contribution in [0.25, 0.3) is 0 Å². The molecular formula is C19H28N2O2. The average molecular weight is 316 g/mol. The van der Waals surface area contributed by atoms with Crippen LogP contribution < -0.4 is 0 Å². The third-order valence-corrected chi connectivity index (χ3v) is 5.27. The number of phenols is 1. The van der Waals surface area contributed by atoms with Crippen molar-refractivity contribution in [1.29, 1.82) is 5.26 Å². The minimum atomic E-state index is -0.0726. The molecule has 3 rings (SSSR count). The molecule has 126 valence electrons. The number of phenolic OH excluding ortho intramolecular Hbond substituents is 1. The van der Waals surface area contributed by atoms with Crippen LogP contribution in [-0.4, -0.2) is 42.9 Å². The molecular weight excluding hydrogens is 288 g/mol. The number of hydrogen-bond donors (Lipinski definition) is 1. The Morgan fingerprint density at radius 1 is 1.39 bits per heavy atom. The van der Waals surface area contributed by atoms with E-state index < -0.39 is 0 Å². The second kappa shape index (κ2) is 7.81. The molecule has 0 aliphatic carbocycles. The van der Waals surface area contributed by atoms with Gasteiger partial charge < -0.3 is 9.84 Å². The van der Waals surface area contributed by atoms with Gasteiger partial charge in [-0.1, -0.05) is 26.0 Å². The molecule has 0 aromatic heterocycles. The number of hydrogen-bond acceptors (Lipinski definition) is 4. The number of benzene rings is 1. The molecule has 0 radical (unpaired) electrons. The molecule has 0 saturated carbocycles. The van der Waals surface area contributed by atoms with E-state index in [4.69, 9.17) is 4.74 Å². The molecule has 4 nitrogen and oxygen atoms in total. The van der Waals surface area contributed by atoms with E-state index in [0.29, 0.717) is 18.3 Å². The van der Waals surface area contributed by atoms with Crippen molar-refractivity contribution in [3.05, 3.63) is 29.8 Å². The van der Waals surface area contributed by atoms with Gasteiger partial charge in [0.25, 0.3) is 0 Å². The van der Waals surface area contributed by atoms with Crippen molar-refractivity contribution in [3.8, 4) is 11.8 Å². The third kappa shape index (κ3) is 3.52. The zero-order valence-electron chi connectivity index (χ0n) is 14.5. The zero-order valence-corrected chi connectivity index (χ0v) is 14.5. The Morgan fingerprint density at radius 2 is 2.17 bits per heavy atom. The molecule has 23 heavy (non-hydrogen) atoms. The van der Waals surface area contributed by atoms with Crippen molar-refractivity contribution in [3.63, 3.8) is 0 Å². The van der Waals surface area contributed by atoms with E-state index in [9.17, 15) is 10.4 Å². The monoisotopic (exact) mass is 316 g/mol. The van der Waals surface area contributed by atoms with Crippen molar-refractivity contribution >= 4 is 0 Å². The Balaban J connectivity index is 0.000000924. The standard InChI is InChI=1S/C17H22N2O2.C2H6/c1-19-7-6-17(13-3-2-4-16(20)10-13)12-21-8-5-14(17)9-15(19)11-18;1-2/h2-4,10,14-15,20H,5-9,12H2,1H3;1-2H3/t14?,15?,17-;/m1./s1. The fourth-order valence-electron chi connectivity index (χ4n) is 3.91. The number of nitrogens with zero attached hydrogens (tertiary/aromatic N) is 2. The van der Waals surface area contributed by atoms with Gasteiger partial charge in [0.1, 0.15) is 5.75 Å². The highest BCUT2D eigenvalue weighted by atomic mass is 16.5. The summed E-state index contributed by atoms with van der Waals surface area (Å²) in [7, 11) is 2.03. The lowest BCUT2D eigenvalue weighted by Crippen LogP contribution is -2.44. The fraction of sp³-hybridized carbons (Fsp3) is 0.632. The molecule has 2 heterocycles. The lowest BCUT2D eigenvalue weighted by Gasteiger charge is -2.43.